The van der Waals surface area contributed by atoms with E-state index in [1.807, 2.05) is 42.5 Å². The Morgan fingerprint density at radius 1 is 0.962 bits per heavy atom. The van der Waals surface area contributed by atoms with Gasteiger partial charge in [0.1, 0.15) is 4.90 Å². The number of benzene rings is 2. The Bertz CT molecular complexity index is 1010. The van der Waals surface area contributed by atoms with Gasteiger partial charge >= 0.3 is 0 Å². The molecule has 0 saturated heterocycles. The number of para-hydroxylation sites is 1. The molecule has 6 heteroatoms. The maximum absolute atomic E-state index is 12.9. The maximum Gasteiger partial charge on any atom is 0.265 e. The van der Waals surface area contributed by atoms with E-state index in [0.29, 0.717) is 23.0 Å². The Hall–Kier alpha value is -2.60. The van der Waals surface area contributed by atoms with Gasteiger partial charge in [0, 0.05) is 5.69 Å². The predicted octanol–water partition coefficient (Wildman–Crippen LogP) is 4.41. The van der Waals surface area contributed by atoms with Gasteiger partial charge in [-0.3, -0.25) is 4.72 Å². The van der Waals surface area contributed by atoms with Crippen molar-refractivity contribution in [1.29, 1.82) is 0 Å². The maximum atomic E-state index is 12.9. The van der Waals surface area contributed by atoms with Gasteiger partial charge in [0.2, 0.25) is 0 Å². The minimum absolute atomic E-state index is 0.217. The highest BCUT2D eigenvalue weighted by molar-refractivity contribution is 7.92. The van der Waals surface area contributed by atoms with E-state index in [4.69, 9.17) is 0 Å². The van der Waals surface area contributed by atoms with Crippen LogP contribution >= 0.6 is 0 Å². The number of hydrogen-bond donors (Lipinski definition) is 1. The van der Waals surface area contributed by atoms with Crippen molar-refractivity contribution in [3.8, 4) is 5.69 Å². The largest absolute Gasteiger partial charge is 0.280 e. The van der Waals surface area contributed by atoms with E-state index < -0.39 is 10.0 Å². The lowest BCUT2D eigenvalue weighted by Gasteiger charge is -2.11. The number of nitrogens with one attached hydrogen (secondary N) is 1. The zero-order valence-electron chi connectivity index (χ0n) is 15.4. The summed E-state index contributed by atoms with van der Waals surface area (Å²) < 4.78 is 30.2. The molecule has 0 amide bonds. The fraction of sp³-hybridized carbons (Fsp3) is 0.250. The van der Waals surface area contributed by atoms with Gasteiger partial charge in [-0.2, -0.15) is 5.10 Å². The third-order valence-corrected chi connectivity index (χ3v) is 5.96. The number of anilines is 1. The molecular formula is C20H23N3O2S. The van der Waals surface area contributed by atoms with Gasteiger partial charge in [-0.1, -0.05) is 44.2 Å². The third kappa shape index (κ3) is 3.51. The van der Waals surface area contributed by atoms with Crippen LogP contribution in [0, 0.1) is 13.8 Å². The molecule has 3 aromatic rings. The molecule has 1 aromatic heterocycles. The molecular weight excluding hydrogens is 346 g/mol. The van der Waals surface area contributed by atoms with E-state index >= 15 is 0 Å². The van der Waals surface area contributed by atoms with Crippen LogP contribution < -0.4 is 4.72 Å². The molecule has 0 bridgehead atoms. The van der Waals surface area contributed by atoms with Crippen LogP contribution in [-0.4, -0.2) is 18.2 Å². The van der Waals surface area contributed by atoms with Crippen molar-refractivity contribution in [2.75, 3.05) is 4.72 Å². The van der Waals surface area contributed by atoms with Crippen LogP contribution in [0.15, 0.2) is 59.5 Å². The van der Waals surface area contributed by atoms with Crippen molar-refractivity contribution in [3.05, 3.63) is 71.5 Å². The van der Waals surface area contributed by atoms with Gasteiger partial charge < -0.3 is 0 Å². The average molecular weight is 369 g/mol. The highest BCUT2D eigenvalue weighted by Crippen LogP contribution is 2.25. The second-order valence-electron chi connectivity index (χ2n) is 6.63. The molecule has 2 aromatic carbocycles. The molecule has 0 atom stereocenters. The molecule has 0 spiro atoms. The molecule has 0 aliphatic carbocycles. The van der Waals surface area contributed by atoms with Gasteiger partial charge in [-0.25, -0.2) is 13.1 Å². The van der Waals surface area contributed by atoms with Crippen LogP contribution in [0.1, 0.15) is 36.7 Å². The van der Waals surface area contributed by atoms with Crippen LogP contribution in [0.25, 0.3) is 5.69 Å². The highest BCUT2D eigenvalue weighted by atomic mass is 32.2. The molecule has 0 radical (unpaired) electrons. The Morgan fingerprint density at radius 2 is 1.58 bits per heavy atom. The monoisotopic (exact) mass is 369 g/mol. The van der Waals surface area contributed by atoms with Crippen molar-refractivity contribution in [1.82, 2.24) is 9.78 Å². The van der Waals surface area contributed by atoms with Crippen molar-refractivity contribution >= 4 is 15.7 Å². The first-order valence-electron chi connectivity index (χ1n) is 8.54. The topological polar surface area (TPSA) is 64.0 Å². The first-order chi connectivity index (χ1) is 12.3. The Labute approximate surface area is 154 Å². The molecule has 5 nitrogen and oxygen atoms in total. The molecule has 0 saturated carbocycles. The summed E-state index contributed by atoms with van der Waals surface area (Å²) in [7, 11) is -3.73. The predicted molar refractivity (Wildman–Crippen MR) is 104 cm³/mol. The standard InChI is InChI=1S/C20H23N3O2S/c1-14(2)17-10-12-18(13-11-17)22-26(24,25)20-15(3)21-23(16(20)4)19-8-6-5-7-9-19/h5-14,22H,1-4H3. The van der Waals surface area contributed by atoms with Crippen molar-refractivity contribution in [2.24, 2.45) is 0 Å². The number of sulfonamides is 1. The summed E-state index contributed by atoms with van der Waals surface area (Å²) in [4.78, 5) is 0.217. The number of hydrogen-bond acceptors (Lipinski definition) is 3. The van der Waals surface area contributed by atoms with E-state index in [-0.39, 0.29) is 4.90 Å². The molecule has 0 fully saturated rings. The van der Waals surface area contributed by atoms with Crippen molar-refractivity contribution in [3.63, 3.8) is 0 Å². The van der Waals surface area contributed by atoms with E-state index in [1.54, 1.807) is 30.7 Å². The van der Waals surface area contributed by atoms with Crippen LogP contribution in [0.2, 0.25) is 0 Å². The van der Waals surface area contributed by atoms with E-state index in [9.17, 15) is 8.42 Å². The molecule has 26 heavy (non-hydrogen) atoms. The van der Waals surface area contributed by atoms with Crippen molar-refractivity contribution < 1.29 is 8.42 Å². The molecule has 0 unspecified atom stereocenters. The van der Waals surface area contributed by atoms with Gasteiger partial charge in [-0.05, 0) is 49.6 Å². The summed E-state index contributed by atoms with van der Waals surface area (Å²) in [5.41, 5.74) is 3.59. The van der Waals surface area contributed by atoms with Crippen LogP contribution in [0.3, 0.4) is 0 Å². The van der Waals surface area contributed by atoms with Gasteiger partial charge in [0.05, 0.1) is 17.1 Å². The third-order valence-electron chi connectivity index (χ3n) is 4.32. The summed E-state index contributed by atoms with van der Waals surface area (Å²) in [5, 5.41) is 4.42. The average Bonchev–Trinajstić information content (AvgIpc) is 2.91. The number of aromatic nitrogens is 2. The lowest BCUT2D eigenvalue weighted by Crippen LogP contribution is -2.15. The lowest BCUT2D eigenvalue weighted by molar-refractivity contribution is 0.600. The van der Waals surface area contributed by atoms with Gasteiger partial charge in [-0.15, -0.1) is 0 Å². The van der Waals surface area contributed by atoms with E-state index in [2.05, 4.69) is 23.7 Å². The van der Waals surface area contributed by atoms with Crippen molar-refractivity contribution in [2.45, 2.75) is 38.5 Å². The first-order valence-corrected chi connectivity index (χ1v) is 10.0. The summed E-state index contributed by atoms with van der Waals surface area (Å²) >= 11 is 0. The Kier molecular flexibility index (Phi) is 4.87. The summed E-state index contributed by atoms with van der Waals surface area (Å²) in [6.07, 6.45) is 0. The van der Waals surface area contributed by atoms with Crippen LogP contribution in [-0.2, 0) is 10.0 Å². The zero-order valence-corrected chi connectivity index (χ0v) is 16.2. The smallest absolute Gasteiger partial charge is 0.265 e. The molecule has 1 heterocycles. The first kappa shape index (κ1) is 18.2. The van der Waals surface area contributed by atoms with E-state index in [0.717, 1.165) is 11.3 Å². The fourth-order valence-electron chi connectivity index (χ4n) is 2.98. The zero-order chi connectivity index (χ0) is 18.9. The van der Waals surface area contributed by atoms with Crippen LogP contribution in [0.5, 0.6) is 0 Å². The second kappa shape index (κ2) is 6.96. The Morgan fingerprint density at radius 3 is 2.15 bits per heavy atom. The normalized spacial score (nSPS) is 11.7. The summed E-state index contributed by atoms with van der Waals surface area (Å²) in [6, 6.07) is 17.0. The fourth-order valence-corrected chi connectivity index (χ4v) is 4.43. The van der Waals surface area contributed by atoms with E-state index in [1.165, 1.54) is 0 Å². The number of aryl methyl sites for hydroxylation is 1. The Balaban J connectivity index is 1.96. The highest BCUT2D eigenvalue weighted by Gasteiger charge is 2.25. The van der Waals surface area contributed by atoms with Gasteiger partial charge in [0.15, 0.2) is 0 Å². The molecule has 1 N–H and O–H groups in total. The lowest BCUT2D eigenvalue weighted by atomic mass is 10.0. The summed E-state index contributed by atoms with van der Waals surface area (Å²) in [6.45, 7) is 7.68. The molecule has 136 valence electrons. The quantitative estimate of drug-likeness (QED) is 0.724. The van der Waals surface area contributed by atoms with Crippen LogP contribution in [0.4, 0.5) is 5.69 Å². The van der Waals surface area contributed by atoms with Gasteiger partial charge in [0.25, 0.3) is 10.0 Å². The minimum atomic E-state index is -3.73. The minimum Gasteiger partial charge on any atom is -0.280 e. The molecule has 0 aliphatic rings. The number of nitrogens with zero attached hydrogens (tertiary/aromatic N) is 2. The molecule has 0 aliphatic heterocycles. The number of rotatable bonds is 5. The SMILES string of the molecule is Cc1nn(-c2ccccc2)c(C)c1S(=O)(=O)Nc1ccc(C(C)C)cc1. The second-order valence-corrected chi connectivity index (χ2v) is 8.25. The summed E-state index contributed by atoms with van der Waals surface area (Å²) in [5.74, 6) is 0.397. The molecule has 3 rings (SSSR count).